The van der Waals surface area contributed by atoms with Crippen LogP contribution in [0.25, 0.3) is 0 Å². The first-order chi connectivity index (χ1) is 11.6. The van der Waals surface area contributed by atoms with Crippen molar-refractivity contribution in [1.82, 2.24) is 8.61 Å². The van der Waals surface area contributed by atoms with E-state index in [9.17, 15) is 8.42 Å². The van der Waals surface area contributed by atoms with Crippen molar-refractivity contribution < 1.29 is 12.8 Å². The highest BCUT2D eigenvalue weighted by Gasteiger charge is 2.41. The van der Waals surface area contributed by atoms with Crippen LogP contribution in [0.5, 0.6) is 0 Å². The Morgan fingerprint density at radius 2 is 1.88 bits per heavy atom. The molecule has 24 heavy (non-hydrogen) atoms. The van der Waals surface area contributed by atoms with Gasteiger partial charge in [0.05, 0.1) is 6.04 Å². The minimum atomic E-state index is -3.49. The topological polar surface area (TPSA) is 53.8 Å². The molecule has 1 aromatic heterocycles. The summed E-state index contributed by atoms with van der Waals surface area (Å²) < 4.78 is 35.3. The van der Waals surface area contributed by atoms with E-state index in [0.29, 0.717) is 19.6 Å². The summed E-state index contributed by atoms with van der Waals surface area (Å²) in [6.07, 6.45) is 2.46. The van der Waals surface area contributed by atoms with Crippen molar-refractivity contribution in [3.63, 3.8) is 0 Å². The summed E-state index contributed by atoms with van der Waals surface area (Å²) in [7, 11) is -3.49. The minimum Gasteiger partial charge on any atom is -0.465 e. The largest absolute Gasteiger partial charge is 0.465 e. The third-order valence-electron chi connectivity index (χ3n) is 5.01. The molecule has 0 bridgehead atoms. The lowest BCUT2D eigenvalue weighted by Crippen LogP contribution is -2.45. The fourth-order valence-corrected chi connectivity index (χ4v) is 5.56. The number of aryl methyl sites for hydroxylation is 1. The number of hydrogen-bond acceptors (Lipinski definition) is 3. The Bertz CT molecular complexity index is 843. The highest BCUT2D eigenvalue weighted by atomic mass is 32.2. The number of rotatable bonds is 3. The van der Waals surface area contributed by atoms with Crippen LogP contribution in [0.1, 0.15) is 41.5 Å². The van der Waals surface area contributed by atoms with Crippen molar-refractivity contribution in [3.05, 3.63) is 59.0 Å². The van der Waals surface area contributed by atoms with Gasteiger partial charge in [0.2, 0.25) is 0 Å². The van der Waals surface area contributed by atoms with Crippen LogP contribution in [0.3, 0.4) is 0 Å². The van der Waals surface area contributed by atoms with E-state index in [4.69, 9.17) is 4.42 Å². The highest BCUT2D eigenvalue weighted by molar-refractivity contribution is 7.86. The molecule has 0 amide bonds. The van der Waals surface area contributed by atoms with Gasteiger partial charge in [-0.05, 0) is 49.4 Å². The molecule has 0 saturated carbocycles. The smallest absolute Gasteiger partial charge is 0.282 e. The lowest BCUT2D eigenvalue weighted by atomic mass is 10.0. The summed E-state index contributed by atoms with van der Waals surface area (Å²) in [6, 6.07) is 11.7. The van der Waals surface area contributed by atoms with E-state index < -0.39 is 10.2 Å². The molecular weight excluding hydrogens is 324 g/mol. The van der Waals surface area contributed by atoms with Crippen LogP contribution >= 0.6 is 0 Å². The number of nitrogens with zero attached hydrogens (tertiary/aromatic N) is 2. The van der Waals surface area contributed by atoms with Gasteiger partial charge in [-0.1, -0.05) is 24.3 Å². The molecular formula is C18H22N2O3S. The Morgan fingerprint density at radius 3 is 2.62 bits per heavy atom. The summed E-state index contributed by atoms with van der Waals surface area (Å²) in [5, 5.41) is 0. The molecule has 2 aliphatic heterocycles. The van der Waals surface area contributed by atoms with Crippen LogP contribution < -0.4 is 0 Å². The molecule has 3 heterocycles. The SMILES string of the molecule is Cc1ccc([C@@H]2CCCN2S(=O)(=O)N2CCc3ccccc3C2)o1. The third kappa shape index (κ3) is 2.68. The van der Waals surface area contributed by atoms with Crippen molar-refractivity contribution in [2.75, 3.05) is 13.1 Å². The van der Waals surface area contributed by atoms with E-state index in [1.54, 1.807) is 8.61 Å². The van der Waals surface area contributed by atoms with Gasteiger partial charge in [0, 0.05) is 19.6 Å². The van der Waals surface area contributed by atoms with E-state index in [1.807, 2.05) is 37.3 Å². The first kappa shape index (κ1) is 15.9. The first-order valence-electron chi connectivity index (χ1n) is 8.46. The number of furan rings is 1. The Balaban J connectivity index is 1.60. The minimum absolute atomic E-state index is 0.180. The van der Waals surface area contributed by atoms with Crippen molar-refractivity contribution in [2.45, 2.75) is 38.8 Å². The van der Waals surface area contributed by atoms with Crippen LogP contribution in [0, 0.1) is 6.92 Å². The quantitative estimate of drug-likeness (QED) is 0.858. The summed E-state index contributed by atoms with van der Waals surface area (Å²) in [4.78, 5) is 0. The zero-order valence-corrected chi connectivity index (χ0v) is 14.6. The molecule has 0 N–H and O–H groups in total. The van der Waals surface area contributed by atoms with Gasteiger partial charge >= 0.3 is 0 Å². The second-order valence-electron chi connectivity index (χ2n) is 6.58. The predicted molar refractivity (Wildman–Crippen MR) is 91.6 cm³/mol. The third-order valence-corrected chi connectivity index (χ3v) is 7.01. The van der Waals surface area contributed by atoms with E-state index >= 15 is 0 Å². The summed E-state index contributed by atoms with van der Waals surface area (Å²) in [5.41, 5.74) is 2.36. The summed E-state index contributed by atoms with van der Waals surface area (Å²) in [5.74, 6) is 1.58. The molecule has 1 aromatic carbocycles. The number of benzene rings is 1. The molecule has 1 saturated heterocycles. The molecule has 4 rings (SSSR count). The summed E-state index contributed by atoms with van der Waals surface area (Å²) in [6.45, 7) is 3.45. The van der Waals surface area contributed by atoms with Gasteiger partial charge in [0.25, 0.3) is 10.2 Å². The Morgan fingerprint density at radius 1 is 1.08 bits per heavy atom. The zero-order chi connectivity index (χ0) is 16.7. The maximum atomic E-state index is 13.2. The zero-order valence-electron chi connectivity index (χ0n) is 13.8. The number of hydrogen-bond donors (Lipinski definition) is 0. The first-order valence-corrected chi connectivity index (χ1v) is 9.85. The van der Waals surface area contributed by atoms with Crippen LogP contribution in [0.2, 0.25) is 0 Å². The summed E-state index contributed by atoms with van der Waals surface area (Å²) >= 11 is 0. The molecule has 6 heteroatoms. The Labute approximate surface area is 143 Å². The van der Waals surface area contributed by atoms with E-state index in [0.717, 1.165) is 36.3 Å². The molecule has 0 spiro atoms. The standard InChI is InChI=1S/C18H22N2O3S/c1-14-8-9-18(23-14)17-7-4-11-20(17)24(21,22)19-12-10-15-5-2-3-6-16(15)13-19/h2-3,5-6,8-9,17H,4,7,10-13H2,1H3/t17-/m0/s1. The predicted octanol–water partition coefficient (Wildman–Crippen LogP) is 3.03. The van der Waals surface area contributed by atoms with Crippen LogP contribution in [-0.4, -0.2) is 30.1 Å². The lowest BCUT2D eigenvalue weighted by Gasteiger charge is -2.33. The molecule has 0 unspecified atom stereocenters. The molecule has 0 aliphatic carbocycles. The monoisotopic (exact) mass is 346 g/mol. The second kappa shape index (κ2) is 6.02. The van der Waals surface area contributed by atoms with Gasteiger partial charge < -0.3 is 4.42 Å². The van der Waals surface area contributed by atoms with Gasteiger partial charge in [-0.15, -0.1) is 0 Å². The van der Waals surface area contributed by atoms with Gasteiger partial charge in [-0.3, -0.25) is 0 Å². The van der Waals surface area contributed by atoms with Crippen molar-refractivity contribution in [3.8, 4) is 0 Å². The fourth-order valence-electron chi connectivity index (χ4n) is 3.75. The molecule has 1 atom stereocenters. The normalized spacial score (nSPS) is 22.6. The fraction of sp³-hybridized carbons (Fsp3) is 0.444. The maximum absolute atomic E-state index is 13.2. The second-order valence-corrected chi connectivity index (χ2v) is 8.46. The number of fused-ring (bicyclic) bond motifs is 1. The Hall–Kier alpha value is -1.63. The molecule has 2 aliphatic rings. The van der Waals surface area contributed by atoms with E-state index in [2.05, 4.69) is 6.07 Å². The van der Waals surface area contributed by atoms with Gasteiger partial charge in [0.1, 0.15) is 11.5 Å². The molecule has 0 radical (unpaired) electrons. The van der Waals surface area contributed by atoms with Crippen molar-refractivity contribution in [1.29, 1.82) is 0 Å². The van der Waals surface area contributed by atoms with E-state index in [1.165, 1.54) is 5.56 Å². The van der Waals surface area contributed by atoms with Gasteiger partial charge in [-0.2, -0.15) is 17.0 Å². The highest BCUT2D eigenvalue weighted by Crippen LogP contribution is 2.37. The molecule has 5 nitrogen and oxygen atoms in total. The molecule has 128 valence electrons. The van der Waals surface area contributed by atoms with Gasteiger partial charge in [0.15, 0.2) is 0 Å². The van der Waals surface area contributed by atoms with Crippen LogP contribution in [-0.2, 0) is 23.2 Å². The average Bonchev–Trinajstić information content (AvgIpc) is 3.23. The van der Waals surface area contributed by atoms with Gasteiger partial charge in [-0.25, -0.2) is 0 Å². The van der Waals surface area contributed by atoms with Crippen molar-refractivity contribution in [2.24, 2.45) is 0 Å². The van der Waals surface area contributed by atoms with E-state index in [-0.39, 0.29) is 6.04 Å². The molecule has 2 aromatic rings. The molecule has 1 fully saturated rings. The van der Waals surface area contributed by atoms with Crippen LogP contribution in [0.4, 0.5) is 0 Å². The average molecular weight is 346 g/mol. The Kier molecular flexibility index (Phi) is 3.98. The maximum Gasteiger partial charge on any atom is 0.282 e. The lowest BCUT2D eigenvalue weighted by molar-refractivity contribution is 0.291. The van der Waals surface area contributed by atoms with Crippen molar-refractivity contribution >= 4 is 10.2 Å². The van der Waals surface area contributed by atoms with Crippen LogP contribution in [0.15, 0.2) is 40.8 Å².